The average molecular weight is 479 g/mol. The molecule has 7 heteroatoms. The highest BCUT2D eigenvalue weighted by atomic mass is 32.2. The maximum Gasteiger partial charge on any atom is 0.260 e. The van der Waals surface area contributed by atoms with Crippen LogP contribution in [0.4, 0.5) is 0 Å². The van der Waals surface area contributed by atoms with Crippen molar-refractivity contribution in [3.8, 4) is 22.9 Å². The molecule has 5 nitrogen and oxygen atoms in total. The Morgan fingerprint density at radius 1 is 1.18 bits per heavy atom. The first-order valence-corrected chi connectivity index (χ1v) is 13.0. The summed E-state index contributed by atoms with van der Waals surface area (Å²) in [6.07, 6.45) is 3.12. The quantitative estimate of drug-likeness (QED) is 0.262. The van der Waals surface area contributed by atoms with E-state index in [1.54, 1.807) is 30.2 Å². The van der Waals surface area contributed by atoms with Gasteiger partial charge in [0.25, 0.3) is 5.56 Å². The number of H-pyrrole nitrogens is 1. The second kappa shape index (κ2) is 9.61. The normalized spacial score (nSPS) is 15.4. The van der Waals surface area contributed by atoms with Gasteiger partial charge in [-0.1, -0.05) is 25.1 Å². The molecule has 0 aliphatic heterocycles. The van der Waals surface area contributed by atoms with E-state index in [1.807, 2.05) is 36.4 Å². The Balaban J connectivity index is 1.35. The van der Waals surface area contributed by atoms with Crippen LogP contribution in [0.3, 0.4) is 0 Å². The fourth-order valence-electron chi connectivity index (χ4n) is 4.25. The van der Waals surface area contributed by atoms with Crippen LogP contribution in [0.5, 0.6) is 11.5 Å². The van der Waals surface area contributed by atoms with E-state index in [4.69, 9.17) is 14.5 Å². The monoisotopic (exact) mass is 478 g/mol. The van der Waals surface area contributed by atoms with Gasteiger partial charge in [-0.3, -0.25) is 4.79 Å². The molecule has 4 aromatic rings. The van der Waals surface area contributed by atoms with E-state index in [-0.39, 0.29) is 5.56 Å². The van der Waals surface area contributed by atoms with Gasteiger partial charge in [-0.05, 0) is 61.1 Å². The molecule has 0 radical (unpaired) electrons. The van der Waals surface area contributed by atoms with Gasteiger partial charge in [0, 0.05) is 21.1 Å². The van der Waals surface area contributed by atoms with Crippen molar-refractivity contribution in [3.63, 3.8) is 0 Å². The third-order valence-electron chi connectivity index (χ3n) is 5.96. The van der Waals surface area contributed by atoms with Crippen LogP contribution in [0.15, 0.2) is 58.2 Å². The summed E-state index contributed by atoms with van der Waals surface area (Å²) in [6.45, 7) is 2.84. The largest absolute Gasteiger partial charge is 0.493 e. The van der Waals surface area contributed by atoms with Gasteiger partial charge in [-0.15, -0.1) is 23.1 Å². The number of hydrogen-bond donors (Lipinski definition) is 1. The number of aromatic amines is 1. The molecule has 2 heterocycles. The van der Waals surface area contributed by atoms with Crippen LogP contribution < -0.4 is 15.0 Å². The minimum absolute atomic E-state index is 0.0562. The molecule has 0 amide bonds. The van der Waals surface area contributed by atoms with Crippen molar-refractivity contribution < 1.29 is 9.47 Å². The third-order valence-corrected chi connectivity index (χ3v) is 8.08. The molecule has 5 rings (SSSR count). The summed E-state index contributed by atoms with van der Waals surface area (Å²) in [4.78, 5) is 24.1. The molecular formula is C26H26N2O3S2. The minimum atomic E-state index is -0.0562. The van der Waals surface area contributed by atoms with Crippen LogP contribution in [0, 0.1) is 5.92 Å². The highest BCUT2D eigenvalue weighted by Gasteiger charge is 2.23. The molecule has 0 saturated heterocycles. The Labute approximate surface area is 201 Å². The summed E-state index contributed by atoms with van der Waals surface area (Å²) in [5.74, 6) is 3.36. The van der Waals surface area contributed by atoms with Gasteiger partial charge in [-0.25, -0.2) is 4.98 Å². The molecule has 2 aromatic carbocycles. The van der Waals surface area contributed by atoms with E-state index in [2.05, 4.69) is 24.0 Å². The molecule has 1 N–H and O–H groups in total. The molecule has 2 aromatic heterocycles. The van der Waals surface area contributed by atoms with Gasteiger partial charge in [0.2, 0.25) is 0 Å². The Morgan fingerprint density at radius 3 is 2.85 bits per heavy atom. The molecule has 33 heavy (non-hydrogen) atoms. The summed E-state index contributed by atoms with van der Waals surface area (Å²) in [7, 11) is 1.62. The number of fused-ring (bicyclic) bond motifs is 3. The minimum Gasteiger partial charge on any atom is -0.493 e. The van der Waals surface area contributed by atoms with Crippen molar-refractivity contribution in [2.45, 2.75) is 31.1 Å². The SMILES string of the molecule is COc1cc(-c2nc3sc4c(c3c(=O)[nH]2)CC[C@H](C)C4)ccc1OCCSc1ccccc1. The molecule has 0 bridgehead atoms. The topological polar surface area (TPSA) is 64.2 Å². The summed E-state index contributed by atoms with van der Waals surface area (Å²) >= 11 is 3.41. The van der Waals surface area contributed by atoms with E-state index in [1.165, 1.54) is 15.3 Å². The Bertz CT molecular complexity index is 1330. The number of rotatable bonds is 7. The molecule has 0 unspecified atom stereocenters. The lowest BCUT2D eigenvalue weighted by molar-refractivity contribution is 0.313. The van der Waals surface area contributed by atoms with Crippen molar-refractivity contribution in [2.75, 3.05) is 19.5 Å². The molecule has 0 fully saturated rings. The number of ether oxygens (including phenoxy) is 2. The predicted octanol–water partition coefficient (Wildman–Crippen LogP) is 5.96. The lowest BCUT2D eigenvalue weighted by atomic mass is 9.89. The summed E-state index contributed by atoms with van der Waals surface area (Å²) in [6, 6.07) is 15.9. The zero-order chi connectivity index (χ0) is 22.8. The summed E-state index contributed by atoms with van der Waals surface area (Å²) < 4.78 is 11.5. The summed E-state index contributed by atoms with van der Waals surface area (Å²) in [5, 5.41) is 0.772. The maximum atomic E-state index is 13.0. The second-order valence-electron chi connectivity index (χ2n) is 8.32. The number of nitrogens with zero attached hydrogens (tertiary/aromatic N) is 1. The first kappa shape index (κ1) is 22.0. The standard InChI is InChI=1S/C26H26N2O3S2/c1-16-8-10-19-22(14-16)33-26-23(19)25(29)27-24(28-26)17-9-11-20(21(15-17)30-2)31-12-13-32-18-6-4-3-5-7-18/h3-7,9,11,15-16H,8,10,12-14H2,1-2H3,(H,27,28,29)/t16-/m0/s1. The van der Waals surface area contributed by atoms with Crippen molar-refractivity contribution >= 4 is 33.3 Å². The van der Waals surface area contributed by atoms with Gasteiger partial charge in [0.05, 0.1) is 19.1 Å². The van der Waals surface area contributed by atoms with Crippen molar-refractivity contribution in [1.29, 1.82) is 0 Å². The predicted molar refractivity (Wildman–Crippen MR) is 136 cm³/mol. The van der Waals surface area contributed by atoms with Crippen LogP contribution in [0.2, 0.25) is 0 Å². The molecule has 0 saturated carbocycles. The van der Waals surface area contributed by atoms with E-state index in [0.29, 0.717) is 29.8 Å². The number of methoxy groups -OCH3 is 1. The average Bonchev–Trinajstić information content (AvgIpc) is 3.20. The van der Waals surface area contributed by atoms with Gasteiger partial charge >= 0.3 is 0 Å². The number of benzene rings is 2. The molecule has 1 aliphatic carbocycles. The highest BCUT2D eigenvalue weighted by Crippen LogP contribution is 2.37. The number of thiophene rings is 1. The van der Waals surface area contributed by atoms with Gasteiger partial charge in [0.15, 0.2) is 11.5 Å². The maximum absolute atomic E-state index is 13.0. The van der Waals surface area contributed by atoms with Crippen LogP contribution in [0.25, 0.3) is 21.6 Å². The smallest absolute Gasteiger partial charge is 0.260 e. The fraction of sp³-hybridized carbons (Fsp3) is 0.308. The lowest BCUT2D eigenvalue weighted by Gasteiger charge is -2.17. The summed E-state index contributed by atoms with van der Waals surface area (Å²) in [5.41, 5.74) is 1.94. The van der Waals surface area contributed by atoms with Gasteiger partial charge < -0.3 is 14.5 Å². The molecule has 1 atom stereocenters. The van der Waals surface area contributed by atoms with Crippen molar-refractivity contribution in [2.24, 2.45) is 5.92 Å². The first-order chi connectivity index (χ1) is 16.1. The third kappa shape index (κ3) is 4.66. The Hall–Kier alpha value is -2.77. The molecule has 1 aliphatic rings. The molecule has 170 valence electrons. The van der Waals surface area contributed by atoms with Crippen LogP contribution in [-0.4, -0.2) is 29.4 Å². The Kier molecular flexibility index (Phi) is 6.42. The van der Waals surface area contributed by atoms with Crippen LogP contribution >= 0.6 is 23.1 Å². The van der Waals surface area contributed by atoms with Crippen LogP contribution in [-0.2, 0) is 12.8 Å². The molecular weight excluding hydrogens is 452 g/mol. The highest BCUT2D eigenvalue weighted by molar-refractivity contribution is 7.99. The van der Waals surface area contributed by atoms with Gasteiger partial charge in [0.1, 0.15) is 10.7 Å². The van der Waals surface area contributed by atoms with E-state index >= 15 is 0 Å². The van der Waals surface area contributed by atoms with E-state index < -0.39 is 0 Å². The van der Waals surface area contributed by atoms with Crippen LogP contribution in [0.1, 0.15) is 23.8 Å². The van der Waals surface area contributed by atoms with Crippen molar-refractivity contribution in [1.82, 2.24) is 9.97 Å². The number of aryl methyl sites for hydroxylation is 1. The van der Waals surface area contributed by atoms with E-state index in [0.717, 1.165) is 40.8 Å². The first-order valence-electron chi connectivity index (χ1n) is 11.2. The Morgan fingerprint density at radius 2 is 2.03 bits per heavy atom. The van der Waals surface area contributed by atoms with E-state index in [9.17, 15) is 4.79 Å². The second-order valence-corrected chi connectivity index (χ2v) is 10.6. The van der Waals surface area contributed by atoms with Crippen molar-refractivity contribution in [3.05, 3.63) is 69.3 Å². The zero-order valence-corrected chi connectivity index (χ0v) is 20.4. The lowest BCUT2D eigenvalue weighted by Crippen LogP contribution is -2.13. The fourth-order valence-corrected chi connectivity index (χ4v) is 6.38. The number of aromatic nitrogens is 2. The zero-order valence-electron chi connectivity index (χ0n) is 18.7. The van der Waals surface area contributed by atoms with Gasteiger partial charge in [-0.2, -0.15) is 0 Å². The number of nitrogens with one attached hydrogen (secondary N) is 1. The molecule has 0 spiro atoms. The number of thioether (sulfide) groups is 1. The number of hydrogen-bond acceptors (Lipinski definition) is 6.